The Bertz CT molecular complexity index is 2360. The van der Waals surface area contributed by atoms with Gasteiger partial charge in [0.25, 0.3) is 0 Å². The van der Waals surface area contributed by atoms with Gasteiger partial charge in [0.2, 0.25) is 0 Å². The fourth-order valence-electron chi connectivity index (χ4n) is 7.16. The van der Waals surface area contributed by atoms with Crippen LogP contribution in [0.25, 0.3) is 33.5 Å². The van der Waals surface area contributed by atoms with Gasteiger partial charge in [-0.3, -0.25) is 0 Å². The molecule has 0 saturated carbocycles. The van der Waals surface area contributed by atoms with Crippen LogP contribution in [0.2, 0.25) is 0 Å². The maximum absolute atomic E-state index is 9.65. The zero-order valence-electron chi connectivity index (χ0n) is 28.1. The lowest BCUT2D eigenvalue weighted by molar-refractivity contribution is 0.451. The lowest BCUT2D eigenvalue weighted by Crippen LogP contribution is -2.39. The van der Waals surface area contributed by atoms with Crippen molar-refractivity contribution in [2.75, 3.05) is 0 Å². The molecule has 3 heterocycles. The summed E-state index contributed by atoms with van der Waals surface area (Å²) in [5.41, 5.74) is 8.34. The van der Waals surface area contributed by atoms with Crippen molar-refractivity contribution in [2.45, 2.75) is 31.8 Å². The van der Waals surface area contributed by atoms with Crippen LogP contribution in [0.1, 0.15) is 47.1 Å². The van der Waals surface area contributed by atoms with Gasteiger partial charge in [-0.15, -0.1) is 5.10 Å². The fourth-order valence-corrected chi connectivity index (χ4v) is 7.16. The maximum atomic E-state index is 9.65. The molecule has 8 heteroatoms. The molecule has 8 rings (SSSR count). The number of pyridine rings is 1. The first kappa shape index (κ1) is 31.5. The van der Waals surface area contributed by atoms with Crippen LogP contribution in [0.15, 0.2) is 152 Å². The van der Waals surface area contributed by atoms with Gasteiger partial charge in [0.15, 0.2) is 11.5 Å². The Kier molecular flexibility index (Phi) is 8.44. The highest BCUT2D eigenvalue weighted by Gasteiger charge is 2.42. The number of hydrogen-bond donors (Lipinski definition) is 0. The SMILES string of the molecule is CCCc1nc2c(C#N)nccc2n1Cc1ccc(-c2ccccc2-c2nnnn2C(c2ccccc2)(c2ccccc2)c2ccccc2)cc1. The van der Waals surface area contributed by atoms with E-state index in [2.05, 4.69) is 143 Å². The lowest BCUT2D eigenvalue weighted by atomic mass is 9.77. The molecule has 0 spiro atoms. The molecule has 8 aromatic rings. The molecule has 0 aliphatic heterocycles. The topological polar surface area (TPSA) is 98.1 Å². The standard InChI is InChI=1S/C43H34N8/c1-2-14-40-46-41-38(29-44)45-28-27-39(41)50(40)30-31-23-25-32(26-24-31)36-21-12-13-22-37(36)42-47-48-49-51(42)43(33-15-6-3-7-16-33,34-17-8-4-9-18-34)35-19-10-5-11-20-35/h3-13,15-28H,2,14,30H2,1H3. The minimum Gasteiger partial charge on any atom is -0.323 e. The van der Waals surface area contributed by atoms with Crippen LogP contribution in [0, 0.1) is 11.3 Å². The van der Waals surface area contributed by atoms with E-state index in [0.717, 1.165) is 63.1 Å². The van der Waals surface area contributed by atoms with Crippen LogP contribution in [0.4, 0.5) is 0 Å². The van der Waals surface area contributed by atoms with E-state index in [1.165, 1.54) is 0 Å². The van der Waals surface area contributed by atoms with Gasteiger partial charge in [-0.1, -0.05) is 146 Å². The Hall–Kier alpha value is -6.72. The van der Waals surface area contributed by atoms with Crippen molar-refractivity contribution in [1.29, 1.82) is 5.26 Å². The monoisotopic (exact) mass is 662 g/mol. The van der Waals surface area contributed by atoms with Crippen molar-refractivity contribution >= 4 is 11.0 Å². The summed E-state index contributed by atoms with van der Waals surface area (Å²) in [6.07, 6.45) is 3.45. The minimum atomic E-state index is -0.857. The van der Waals surface area contributed by atoms with Gasteiger partial charge in [0.05, 0.1) is 5.52 Å². The third-order valence-corrected chi connectivity index (χ3v) is 9.46. The number of nitrogens with zero attached hydrogens (tertiary/aromatic N) is 8. The van der Waals surface area contributed by atoms with Gasteiger partial charge in [0, 0.05) is 24.7 Å². The number of benzene rings is 5. The predicted octanol–water partition coefficient (Wildman–Crippen LogP) is 8.46. The molecular formula is C43H34N8. The van der Waals surface area contributed by atoms with Gasteiger partial charge in [0.1, 0.15) is 22.9 Å². The largest absolute Gasteiger partial charge is 0.323 e. The molecule has 0 fully saturated rings. The summed E-state index contributed by atoms with van der Waals surface area (Å²) in [6, 6.07) is 52.4. The number of imidazole rings is 1. The summed E-state index contributed by atoms with van der Waals surface area (Å²) in [6.45, 7) is 2.77. The molecule has 3 aromatic heterocycles. The van der Waals surface area contributed by atoms with Crippen LogP contribution in [-0.2, 0) is 18.5 Å². The van der Waals surface area contributed by atoms with Crippen LogP contribution < -0.4 is 0 Å². The first-order chi connectivity index (χ1) is 25.2. The highest BCUT2D eigenvalue weighted by molar-refractivity contribution is 5.82. The van der Waals surface area contributed by atoms with Crippen molar-refractivity contribution in [2.24, 2.45) is 0 Å². The number of tetrazole rings is 1. The van der Waals surface area contributed by atoms with Crippen molar-refractivity contribution in [3.05, 3.63) is 186 Å². The average Bonchev–Trinajstić information content (AvgIpc) is 3.82. The molecular weight excluding hydrogens is 629 g/mol. The van der Waals surface area contributed by atoms with Gasteiger partial charge in [-0.05, 0) is 56.3 Å². The Morgan fingerprint density at radius 1 is 0.686 bits per heavy atom. The third kappa shape index (κ3) is 5.55. The first-order valence-electron chi connectivity index (χ1n) is 17.1. The molecule has 0 amide bonds. The Balaban J connectivity index is 1.24. The molecule has 246 valence electrons. The number of rotatable bonds is 10. The maximum Gasteiger partial charge on any atom is 0.184 e. The summed E-state index contributed by atoms with van der Waals surface area (Å²) >= 11 is 0. The second kappa shape index (κ2) is 13.7. The average molecular weight is 663 g/mol. The Morgan fingerprint density at radius 3 is 1.86 bits per heavy atom. The fraction of sp³-hybridized carbons (Fsp3) is 0.116. The zero-order chi connectivity index (χ0) is 34.6. The van der Waals surface area contributed by atoms with E-state index in [4.69, 9.17) is 15.3 Å². The van der Waals surface area contributed by atoms with Crippen molar-refractivity contribution in [3.63, 3.8) is 0 Å². The van der Waals surface area contributed by atoms with Gasteiger partial charge >= 0.3 is 0 Å². The molecule has 0 saturated heterocycles. The van der Waals surface area contributed by atoms with Gasteiger partial charge in [-0.2, -0.15) is 5.26 Å². The molecule has 0 atom stereocenters. The van der Waals surface area contributed by atoms with E-state index in [1.807, 2.05) is 35.0 Å². The first-order valence-corrected chi connectivity index (χ1v) is 17.1. The molecule has 51 heavy (non-hydrogen) atoms. The molecule has 0 bridgehead atoms. The number of aryl methyl sites for hydroxylation is 1. The normalized spacial score (nSPS) is 11.5. The van der Waals surface area contributed by atoms with E-state index in [-0.39, 0.29) is 0 Å². The molecule has 0 N–H and O–H groups in total. The van der Waals surface area contributed by atoms with Crippen molar-refractivity contribution in [3.8, 4) is 28.6 Å². The Labute approximate surface area is 296 Å². The van der Waals surface area contributed by atoms with Crippen LogP contribution in [0.5, 0.6) is 0 Å². The van der Waals surface area contributed by atoms with E-state index >= 15 is 0 Å². The molecule has 0 unspecified atom stereocenters. The molecule has 0 aliphatic rings. The summed E-state index contributed by atoms with van der Waals surface area (Å²) in [5.74, 6) is 1.61. The van der Waals surface area contributed by atoms with E-state index in [0.29, 0.717) is 23.6 Å². The molecule has 8 nitrogen and oxygen atoms in total. The van der Waals surface area contributed by atoms with Gasteiger partial charge in [-0.25, -0.2) is 14.6 Å². The highest BCUT2D eigenvalue weighted by Crippen LogP contribution is 2.43. The summed E-state index contributed by atoms with van der Waals surface area (Å²) in [7, 11) is 0. The van der Waals surface area contributed by atoms with Crippen LogP contribution in [0.3, 0.4) is 0 Å². The molecule has 0 radical (unpaired) electrons. The molecule has 5 aromatic carbocycles. The van der Waals surface area contributed by atoms with Crippen molar-refractivity contribution in [1.82, 2.24) is 34.7 Å². The number of nitriles is 1. The summed E-state index contributed by atoms with van der Waals surface area (Å²) in [5, 5.41) is 23.5. The van der Waals surface area contributed by atoms with E-state index in [1.54, 1.807) is 6.20 Å². The smallest absolute Gasteiger partial charge is 0.184 e. The predicted molar refractivity (Wildman–Crippen MR) is 199 cm³/mol. The number of aromatic nitrogens is 7. The number of hydrogen-bond acceptors (Lipinski definition) is 6. The quantitative estimate of drug-likeness (QED) is 0.136. The highest BCUT2D eigenvalue weighted by atomic mass is 15.6. The van der Waals surface area contributed by atoms with Crippen LogP contribution >= 0.6 is 0 Å². The van der Waals surface area contributed by atoms with E-state index < -0.39 is 5.54 Å². The second-order valence-corrected chi connectivity index (χ2v) is 12.5. The third-order valence-electron chi connectivity index (χ3n) is 9.46. The lowest BCUT2D eigenvalue weighted by Gasteiger charge is -2.36. The van der Waals surface area contributed by atoms with Crippen LogP contribution in [-0.4, -0.2) is 34.7 Å². The summed E-state index contributed by atoms with van der Waals surface area (Å²) < 4.78 is 4.18. The minimum absolute atomic E-state index is 0.355. The summed E-state index contributed by atoms with van der Waals surface area (Å²) in [4.78, 5) is 9.07. The van der Waals surface area contributed by atoms with E-state index in [9.17, 15) is 5.26 Å². The second-order valence-electron chi connectivity index (χ2n) is 12.5. The van der Waals surface area contributed by atoms with Crippen molar-refractivity contribution < 1.29 is 0 Å². The van der Waals surface area contributed by atoms with Gasteiger partial charge < -0.3 is 4.57 Å². The number of fused-ring (bicyclic) bond motifs is 1. The molecule has 0 aliphatic carbocycles. The zero-order valence-corrected chi connectivity index (χ0v) is 28.1. The Morgan fingerprint density at radius 2 is 1.27 bits per heavy atom.